The first kappa shape index (κ1) is 17.0. The number of aromatic nitrogens is 2. The van der Waals surface area contributed by atoms with Crippen molar-refractivity contribution in [2.75, 3.05) is 13.1 Å². The van der Waals surface area contributed by atoms with Gasteiger partial charge in [-0.2, -0.15) is 5.10 Å². The summed E-state index contributed by atoms with van der Waals surface area (Å²) in [5.74, 6) is 0.349. The van der Waals surface area contributed by atoms with Crippen molar-refractivity contribution in [2.45, 2.75) is 75.6 Å². The van der Waals surface area contributed by atoms with Crippen LogP contribution < -0.4 is 0 Å². The highest BCUT2D eigenvalue weighted by atomic mass is 16.3. The van der Waals surface area contributed by atoms with Gasteiger partial charge in [-0.25, -0.2) is 0 Å². The van der Waals surface area contributed by atoms with Gasteiger partial charge in [0.25, 0.3) is 0 Å². The molecule has 1 saturated carbocycles. The number of piperidine rings is 1. The molecule has 1 atom stereocenters. The molecule has 138 valence electrons. The average Bonchev–Trinajstić information content (AvgIpc) is 3.19. The van der Waals surface area contributed by atoms with Crippen LogP contribution in [0, 0.1) is 0 Å². The molecule has 1 amide bonds. The predicted molar refractivity (Wildman–Crippen MR) is 94.8 cm³/mol. The molecule has 6 nitrogen and oxygen atoms in total. The smallest absolute Gasteiger partial charge is 0.243 e. The summed E-state index contributed by atoms with van der Waals surface area (Å²) in [4.78, 5) is 18.1. The van der Waals surface area contributed by atoms with Gasteiger partial charge >= 0.3 is 0 Å². The number of aliphatic hydroxyl groups is 1. The summed E-state index contributed by atoms with van der Waals surface area (Å²) in [6, 6.07) is 0.328. The van der Waals surface area contributed by atoms with Crippen LogP contribution >= 0.6 is 0 Å². The molecule has 3 fully saturated rings. The zero-order valence-corrected chi connectivity index (χ0v) is 15.2. The summed E-state index contributed by atoms with van der Waals surface area (Å²) in [6.07, 6.45) is 11.5. The Kier molecular flexibility index (Phi) is 4.58. The maximum atomic E-state index is 13.5. The van der Waals surface area contributed by atoms with Gasteiger partial charge in [-0.3, -0.25) is 14.4 Å². The largest absolute Gasteiger partial charge is 0.393 e. The number of amides is 1. The van der Waals surface area contributed by atoms with Crippen LogP contribution in [-0.4, -0.2) is 61.4 Å². The summed E-state index contributed by atoms with van der Waals surface area (Å²) in [5, 5.41) is 14.1. The molecule has 1 aromatic heterocycles. The normalized spacial score (nSPS) is 34.2. The maximum Gasteiger partial charge on any atom is 0.243 e. The Morgan fingerprint density at radius 3 is 2.60 bits per heavy atom. The lowest BCUT2D eigenvalue weighted by atomic mass is 9.82. The van der Waals surface area contributed by atoms with Crippen molar-refractivity contribution < 1.29 is 9.90 Å². The van der Waals surface area contributed by atoms with Crippen molar-refractivity contribution in [3.63, 3.8) is 0 Å². The van der Waals surface area contributed by atoms with Crippen molar-refractivity contribution in [3.8, 4) is 0 Å². The molecule has 0 aromatic carbocycles. The van der Waals surface area contributed by atoms with Crippen molar-refractivity contribution in [1.82, 2.24) is 19.6 Å². The molecule has 0 radical (unpaired) electrons. The Labute approximate surface area is 149 Å². The Balaban J connectivity index is 1.51. The lowest BCUT2D eigenvalue weighted by Crippen LogP contribution is -2.62. The molecule has 1 N–H and O–H groups in total. The minimum Gasteiger partial charge on any atom is -0.393 e. The molecule has 1 spiro atoms. The van der Waals surface area contributed by atoms with E-state index in [4.69, 9.17) is 0 Å². The van der Waals surface area contributed by atoms with Gasteiger partial charge in [-0.1, -0.05) is 0 Å². The predicted octanol–water partition coefficient (Wildman–Crippen LogP) is 1.68. The number of hydrogen-bond acceptors (Lipinski definition) is 4. The minimum atomic E-state index is -0.301. The highest BCUT2D eigenvalue weighted by molar-refractivity contribution is 5.87. The fourth-order valence-corrected chi connectivity index (χ4v) is 5.20. The average molecular weight is 346 g/mol. The number of aryl methyl sites for hydroxylation is 1. The molecule has 4 rings (SSSR count). The van der Waals surface area contributed by atoms with Crippen LogP contribution in [0.4, 0.5) is 0 Å². The SMILES string of the molecule is Cn1cc(CN2CCCC23CCCN(C2CCC(O)CC2)C3=O)cn1. The third-order valence-corrected chi connectivity index (χ3v) is 6.51. The first-order valence-corrected chi connectivity index (χ1v) is 9.80. The molecular formula is C19H30N4O2. The quantitative estimate of drug-likeness (QED) is 0.905. The van der Waals surface area contributed by atoms with E-state index in [0.29, 0.717) is 11.9 Å². The number of likely N-dealkylation sites (tertiary alicyclic amines) is 2. The number of rotatable bonds is 3. The molecule has 3 aliphatic rings. The van der Waals surface area contributed by atoms with Gasteiger partial charge in [-0.05, 0) is 57.9 Å². The molecule has 25 heavy (non-hydrogen) atoms. The maximum absolute atomic E-state index is 13.5. The van der Waals surface area contributed by atoms with Crippen LogP contribution in [0.5, 0.6) is 0 Å². The molecular weight excluding hydrogens is 316 g/mol. The number of aliphatic hydroxyl groups excluding tert-OH is 1. The van der Waals surface area contributed by atoms with Crippen LogP contribution in [0.3, 0.4) is 0 Å². The van der Waals surface area contributed by atoms with Crippen molar-refractivity contribution in [3.05, 3.63) is 18.0 Å². The van der Waals surface area contributed by atoms with E-state index in [2.05, 4.69) is 21.1 Å². The van der Waals surface area contributed by atoms with Gasteiger partial charge in [0, 0.05) is 37.9 Å². The molecule has 0 bridgehead atoms. The summed E-state index contributed by atoms with van der Waals surface area (Å²) in [7, 11) is 1.94. The molecule has 1 aromatic rings. The van der Waals surface area contributed by atoms with Crippen molar-refractivity contribution in [1.29, 1.82) is 0 Å². The zero-order valence-electron chi connectivity index (χ0n) is 15.2. The van der Waals surface area contributed by atoms with E-state index >= 15 is 0 Å². The lowest BCUT2D eigenvalue weighted by molar-refractivity contribution is -0.152. The van der Waals surface area contributed by atoms with E-state index in [-0.39, 0.29) is 11.6 Å². The monoisotopic (exact) mass is 346 g/mol. The molecule has 1 unspecified atom stereocenters. The lowest BCUT2D eigenvalue weighted by Gasteiger charge is -2.48. The van der Waals surface area contributed by atoms with Crippen LogP contribution in [0.2, 0.25) is 0 Å². The molecule has 2 saturated heterocycles. The minimum absolute atomic E-state index is 0.168. The Morgan fingerprint density at radius 2 is 1.92 bits per heavy atom. The van der Waals surface area contributed by atoms with E-state index in [1.165, 1.54) is 5.56 Å². The topological polar surface area (TPSA) is 61.6 Å². The van der Waals surface area contributed by atoms with Gasteiger partial charge in [0.15, 0.2) is 0 Å². The van der Waals surface area contributed by atoms with E-state index in [1.54, 1.807) is 0 Å². The number of carbonyl (C=O) groups is 1. The third kappa shape index (κ3) is 3.10. The van der Waals surface area contributed by atoms with E-state index in [1.807, 2.05) is 17.9 Å². The fraction of sp³-hybridized carbons (Fsp3) is 0.789. The second kappa shape index (κ2) is 6.72. The van der Waals surface area contributed by atoms with Crippen LogP contribution in [0.25, 0.3) is 0 Å². The first-order valence-electron chi connectivity index (χ1n) is 9.80. The molecule has 2 aliphatic heterocycles. The number of hydrogen-bond donors (Lipinski definition) is 1. The van der Waals surface area contributed by atoms with Gasteiger partial charge in [0.1, 0.15) is 5.54 Å². The molecule has 3 heterocycles. The standard InChI is InChI=1S/C19H30N4O2/c1-21-13-15(12-20-21)14-22-10-2-8-19(22)9-3-11-23(18(19)25)16-4-6-17(24)7-5-16/h12-13,16-17,24H,2-11,14H2,1H3. The van der Waals surface area contributed by atoms with E-state index in [0.717, 1.165) is 71.0 Å². The zero-order chi connectivity index (χ0) is 17.4. The van der Waals surface area contributed by atoms with Gasteiger partial charge in [0.2, 0.25) is 5.91 Å². The van der Waals surface area contributed by atoms with Gasteiger partial charge < -0.3 is 10.0 Å². The number of carbonyl (C=O) groups excluding carboxylic acids is 1. The Hall–Kier alpha value is -1.40. The van der Waals surface area contributed by atoms with Gasteiger partial charge in [0.05, 0.1) is 12.3 Å². The third-order valence-electron chi connectivity index (χ3n) is 6.51. The summed E-state index contributed by atoms with van der Waals surface area (Å²) in [6.45, 7) is 2.71. The number of nitrogens with zero attached hydrogens (tertiary/aromatic N) is 4. The van der Waals surface area contributed by atoms with E-state index in [9.17, 15) is 9.90 Å². The van der Waals surface area contributed by atoms with Gasteiger partial charge in [-0.15, -0.1) is 0 Å². The molecule has 6 heteroatoms. The Morgan fingerprint density at radius 1 is 1.20 bits per heavy atom. The first-order chi connectivity index (χ1) is 12.1. The summed E-state index contributed by atoms with van der Waals surface area (Å²) >= 11 is 0. The highest BCUT2D eigenvalue weighted by Gasteiger charge is 2.51. The summed E-state index contributed by atoms with van der Waals surface area (Å²) < 4.78 is 1.83. The summed E-state index contributed by atoms with van der Waals surface area (Å²) in [5.41, 5.74) is 0.888. The van der Waals surface area contributed by atoms with Crippen LogP contribution in [0.1, 0.15) is 56.9 Å². The van der Waals surface area contributed by atoms with E-state index < -0.39 is 0 Å². The van der Waals surface area contributed by atoms with Crippen molar-refractivity contribution >= 4 is 5.91 Å². The highest BCUT2D eigenvalue weighted by Crippen LogP contribution is 2.41. The second-order valence-corrected chi connectivity index (χ2v) is 8.14. The van der Waals surface area contributed by atoms with Crippen molar-refractivity contribution in [2.24, 2.45) is 7.05 Å². The second-order valence-electron chi connectivity index (χ2n) is 8.14. The fourth-order valence-electron chi connectivity index (χ4n) is 5.20. The Bertz CT molecular complexity index is 623. The van der Waals surface area contributed by atoms with Crippen LogP contribution in [-0.2, 0) is 18.4 Å². The van der Waals surface area contributed by atoms with Crippen LogP contribution in [0.15, 0.2) is 12.4 Å². The molecule has 1 aliphatic carbocycles.